The van der Waals surface area contributed by atoms with E-state index in [1.165, 1.54) is 0 Å². The summed E-state index contributed by atoms with van der Waals surface area (Å²) in [5, 5.41) is 5.49. The summed E-state index contributed by atoms with van der Waals surface area (Å²) in [6, 6.07) is 11.3. The smallest absolute Gasteiger partial charge is 0.237 e. The SMILES string of the molecule is CN1C(=O)C2(CCN(c3cnn(C4CCCCO4)c3)CC2)c2c1cnc1c2ccn1S(=O)c1ccccc1. The molecule has 10 heteroatoms. The lowest BCUT2D eigenvalue weighted by molar-refractivity contribution is -0.123. The second-order valence-electron chi connectivity index (χ2n) is 10.4. The van der Waals surface area contributed by atoms with Crippen molar-refractivity contribution in [1.29, 1.82) is 0 Å². The molecule has 4 aromatic rings. The average molecular weight is 531 g/mol. The van der Waals surface area contributed by atoms with Crippen molar-refractivity contribution in [2.45, 2.75) is 48.6 Å². The number of carbonyl (C=O) groups is 1. The molecular weight excluding hydrogens is 500 g/mol. The van der Waals surface area contributed by atoms with Crippen molar-refractivity contribution in [3.05, 3.63) is 66.7 Å². The summed E-state index contributed by atoms with van der Waals surface area (Å²) in [7, 11) is 0.413. The van der Waals surface area contributed by atoms with Gasteiger partial charge in [0.1, 0.15) is 6.23 Å². The number of hydrogen-bond donors (Lipinski definition) is 0. The van der Waals surface area contributed by atoms with Crippen LogP contribution in [0.2, 0.25) is 0 Å². The number of ether oxygens (including phenoxy) is 1. The third kappa shape index (κ3) is 3.54. The van der Waals surface area contributed by atoms with Crippen molar-refractivity contribution in [2.75, 3.05) is 36.5 Å². The Bertz CT molecular complexity index is 1530. The minimum absolute atomic E-state index is 0.0110. The van der Waals surface area contributed by atoms with Crippen LogP contribution in [0.1, 0.15) is 43.9 Å². The van der Waals surface area contributed by atoms with Crippen molar-refractivity contribution in [3.63, 3.8) is 0 Å². The van der Waals surface area contributed by atoms with E-state index < -0.39 is 16.4 Å². The first-order valence-corrected chi connectivity index (χ1v) is 14.3. The molecule has 196 valence electrons. The molecule has 1 aromatic carbocycles. The highest BCUT2D eigenvalue weighted by molar-refractivity contribution is 7.83. The molecule has 2 atom stereocenters. The summed E-state index contributed by atoms with van der Waals surface area (Å²) in [5.74, 6) is 0.115. The van der Waals surface area contributed by atoms with Crippen LogP contribution in [0.15, 0.2) is 66.1 Å². The van der Waals surface area contributed by atoms with E-state index >= 15 is 0 Å². The maximum atomic E-state index is 13.8. The maximum Gasteiger partial charge on any atom is 0.237 e. The number of piperidine rings is 1. The van der Waals surface area contributed by atoms with Crippen molar-refractivity contribution >= 4 is 39.3 Å². The summed E-state index contributed by atoms with van der Waals surface area (Å²) >= 11 is 0. The predicted molar refractivity (Wildman–Crippen MR) is 146 cm³/mol. The summed E-state index contributed by atoms with van der Waals surface area (Å²) in [4.78, 5) is 23.2. The normalized spacial score (nSPS) is 21.8. The molecule has 0 N–H and O–H groups in total. The standard InChI is InChI=1S/C28H30N6O3S/c1-31-23-18-29-26-22(10-13-34(26)38(36)21-7-3-2-4-8-21)25(23)28(27(31)35)11-14-32(15-12-28)20-17-30-33(19-20)24-9-5-6-16-37-24/h2-4,7-8,10,13,17-19,24H,5-6,9,11-12,14-16H2,1H3. The zero-order valence-electron chi connectivity index (χ0n) is 21.3. The minimum Gasteiger partial charge on any atom is -0.369 e. The van der Waals surface area contributed by atoms with Crippen molar-refractivity contribution in [3.8, 4) is 0 Å². The van der Waals surface area contributed by atoms with E-state index in [0.717, 1.165) is 61.3 Å². The highest BCUT2D eigenvalue weighted by atomic mass is 32.2. The van der Waals surface area contributed by atoms with Gasteiger partial charge in [-0.3, -0.25) is 4.79 Å². The van der Waals surface area contributed by atoms with Gasteiger partial charge in [-0.05, 0) is 50.3 Å². The van der Waals surface area contributed by atoms with Crippen LogP contribution < -0.4 is 9.80 Å². The van der Waals surface area contributed by atoms with Crippen LogP contribution in [-0.4, -0.2) is 55.6 Å². The molecule has 0 radical (unpaired) electrons. The Morgan fingerprint density at radius 1 is 1.08 bits per heavy atom. The number of aromatic nitrogens is 4. The van der Waals surface area contributed by atoms with Crippen LogP contribution in [-0.2, 0) is 25.9 Å². The number of amides is 1. The maximum absolute atomic E-state index is 13.8. The molecule has 3 aliphatic heterocycles. The monoisotopic (exact) mass is 530 g/mol. The van der Waals surface area contributed by atoms with Gasteiger partial charge in [-0.25, -0.2) is 17.8 Å². The lowest BCUT2D eigenvalue weighted by Crippen LogP contribution is -2.48. The van der Waals surface area contributed by atoms with Crippen molar-refractivity contribution < 1.29 is 13.7 Å². The molecule has 0 saturated carbocycles. The van der Waals surface area contributed by atoms with Gasteiger partial charge in [-0.1, -0.05) is 18.2 Å². The lowest BCUT2D eigenvalue weighted by Gasteiger charge is -2.39. The quantitative estimate of drug-likeness (QED) is 0.396. The second-order valence-corrected chi connectivity index (χ2v) is 11.8. The molecule has 6 heterocycles. The molecule has 9 nitrogen and oxygen atoms in total. The highest BCUT2D eigenvalue weighted by Crippen LogP contribution is 2.50. The molecule has 2 saturated heterocycles. The van der Waals surface area contributed by atoms with Crippen LogP contribution in [0.4, 0.5) is 11.4 Å². The zero-order chi connectivity index (χ0) is 25.9. The minimum atomic E-state index is -1.42. The number of pyridine rings is 1. The van der Waals surface area contributed by atoms with E-state index in [-0.39, 0.29) is 12.1 Å². The van der Waals surface area contributed by atoms with E-state index in [1.807, 2.05) is 60.5 Å². The van der Waals surface area contributed by atoms with Gasteiger partial charge in [-0.2, -0.15) is 5.10 Å². The molecular formula is C28H30N6O3S. The molecule has 38 heavy (non-hydrogen) atoms. The van der Waals surface area contributed by atoms with E-state index in [1.54, 1.807) is 15.1 Å². The van der Waals surface area contributed by atoms with E-state index in [0.29, 0.717) is 23.4 Å². The van der Waals surface area contributed by atoms with Crippen LogP contribution in [0.25, 0.3) is 11.0 Å². The van der Waals surface area contributed by atoms with E-state index in [2.05, 4.69) is 21.2 Å². The topological polar surface area (TPSA) is 85.5 Å². The Morgan fingerprint density at radius 2 is 1.89 bits per heavy atom. The molecule has 1 spiro atoms. The van der Waals surface area contributed by atoms with Gasteiger partial charge in [0, 0.05) is 43.9 Å². The number of rotatable bonds is 4. The molecule has 2 fully saturated rings. The first-order valence-electron chi connectivity index (χ1n) is 13.2. The third-order valence-corrected chi connectivity index (χ3v) is 9.69. The Balaban J connectivity index is 1.20. The molecule has 0 bridgehead atoms. The fourth-order valence-corrected chi connectivity index (χ4v) is 7.41. The average Bonchev–Trinajstić information content (AvgIpc) is 3.68. The van der Waals surface area contributed by atoms with Crippen LogP contribution in [0.3, 0.4) is 0 Å². The van der Waals surface area contributed by atoms with Gasteiger partial charge in [0.05, 0.1) is 40.3 Å². The summed E-state index contributed by atoms with van der Waals surface area (Å²) < 4.78 is 22.9. The summed E-state index contributed by atoms with van der Waals surface area (Å²) in [6.07, 6.45) is 12.2. The molecule has 3 aromatic heterocycles. The fourth-order valence-electron chi connectivity index (χ4n) is 6.32. The van der Waals surface area contributed by atoms with Crippen LogP contribution >= 0.6 is 0 Å². The van der Waals surface area contributed by atoms with Gasteiger partial charge in [0.15, 0.2) is 16.6 Å². The van der Waals surface area contributed by atoms with Crippen LogP contribution in [0.5, 0.6) is 0 Å². The molecule has 2 unspecified atom stereocenters. The van der Waals surface area contributed by atoms with Crippen molar-refractivity contribution in [1.82, 2.24) is 18.7 Å². The molecule has 3 aliphatic rings. The highest BCUT2D eigenvalue weighted by Gasteiger charge is 2.52. The summed E-state index contributed by atoms with van der Waals surface area (Å²) in [5.41, 5.74) is 2.96. The number of anilines is 2. The number of likely N-dealkylation sites (N-methyl/N-ethyl adjacent to an activating group) is 1. The third-order valence-electron chi connectivity index (χ3n) is 8.36. The molecule has 1 amide bonds. The summed E-state index contributed by atoms with van der Waals surface area (Å²) in [6.45, 7) is 2.28. The van der Waals surface area contributed by atoms with E-state index in [4.69, 9.17) is 4.74 Å². The van der Waals surface area contributed by atoms with Crippen LogP contribution in [0, 0.1) is 0 Å². The zero-order valence-corrected chi connectivity index (χ0v) is 22.1. The Morgan fingerprint density at radius 3 is 2.66 bits per heavy atom. The van der Waals surface area contributed by atoms with Gasteiger partial charge < -0.3 is 14.5 Å². The van der Waals surface area contributed by atoms with Crippen molar-refractivity contribution in [2.24, 2.45) is 0 Å². The number of carbonyl (C=O) groups excluding carboxylic acids is 1. The number of hydrogen-bond acceptors (Lipinski definition) is 6. The molecule has 0 aliphatic carbocycles. The number of benzene rings is 1. The Hall–Kier alpha value is -3.50. The predicted octanol–water partition coefficient (Wildman–Crippen LogP) is 4.02. The van der Waals surface area contributed by atoms with E-state index in [9.17, 15) is 9.00 Å². The number of fused-ring (bicyclic) bond motifs is 4. The Kier molecular flexibility index (Phi) is 5.63. The number of nitrogens with zero attached hydrogens (tertiary/aromatic N) is 6. The van der Waals surface area contributed by atoms with Gasteiger partial charge in [-0.15, -0.1) is 0 Å². The Labute approximate surface area is 223 Å². The van der Waals surface area contributed by atoms with Gasteiger partial charge >= 0.3 is 0 Å². The second kappa shape index (κ2) is 9.06. The first kappa shape index (κ1) is 23.6. The van der Waals surface area contributed by atoms with Gasteiger partial charge in [0.25, 0.3) is 0 Å². The fraction of sp³-hybridized carbons (Fsp3) is 0.393. The van der Waals surface area contributed by atoms with Gasteiger partial charge in [0.2, 0.25) is 5.91 Å². The lowest BCUT2D eigenvalue weighted by atomic mass is 9.73. The first-order chi connectivity index (χ1) is 18.6. The largest absolute Gasteiger partial charge is 0.369 e. The molecule has 7 rings (SSSR count).